The summed E-state index contributed by atoms with van der Waals surface area (Å²) >= 11 is 0. The van der Waals surface area contributed by atoms with Crippen molar-refractivity contribution >= 4 is 5.96 Å². The van der Waals surface area contributed by atoms with E-state index in [1.54, 1.807) is 7.05 Å². The monoisotopic (exact) mass is 357 g/mol. The molecule has 7 heteroatoms. The van der Waals surface area contributed by atoms with Crippen LogP contribution in [0.15, 0.2) is 4.99 Å². The zero-order chi connectivity index (χ0) is 17.6. The summed E-state index contributed by atoms with van der Waals surface area (Å²) in [4.78, 5) is 4.23. The Morgan fingerprint density at radius 3 is 2.40 bits per heavy atom. The van der Waals surface area contributed by atoms with E-state index >= 15 is 0 Å². The summed E-state index contributed by atoms with van der Waals surface area (Å²) < 4.78 is 22.2. The Balaban J connectivity index is 1.38. The third kappa shape index (κ3) is 9.39. The molecule has 2 heterocycles. The Bertz CT molecular complexity index is 356. The number of nitrogens with zero attached hydrogens (tertiary/aromatic N) is 1. The smallest absolute Gasteiger partial charge is 0.190 e. The third-order valence-electron chi connectivity index (χ3n) is 4.53. The first-order valence-corrected chi connectivity index (χ1v) is 9.68. The van der Waals surface area contributed by atoms with Crippen LogP contribution >= 0.6 is 0 Å². The molecule has 2 aliphatic heterocycles. The Morgan fingerprint density at radius 1 is 1.00 bits per heavy atom. The molecule has 0 amide bonds. The Kier molecular flexibility index (Phi) is 10.9. The predicted molar refractivity (Wildman–Crippen MR) is 98.1 cm³/mol. The second kappa shape index (κ2) is 13.3. The number of nitrogens with one attached hydrogen (secondary N) is 2. The van der Waals surface area contributed by atoms with E-state index in [9.17, 15) is 0 Å². The molecule has 2 saturated heterocycles. The van der Waals surface area contributed by atoms with Crippen molar-refractivity contribution < 1.29 is 18.9 Å². The van der Waals surface area contributed by atoms with E-state index < -0.39 is 0 Å². The van der Waals surface area contributed by atoms with Crippen molar-refractivity contribution in [3.05, 3.63) is 0 Å². The predicted octanol–water partition coefficient (Wildman–Crippen LogP) is 1.18. The van der Waals surface area contributed by atoms with Gasteiger partial charge in [0.05, 0.1) is 12.7 Å². The molecule has 2 N–H and O–H groups in total. The highest BCUT2D eigenvalue weighted by Crippen LogP contribution is 2.14. The van der Waals surface area contributed by atoms with Crippen LogP contribution < -0.4 is 10.6 Å². The average Bonchev–Trinajstić information content (AvgIpc) is 3.17. The molecule has 2 fully saturated rings. The summed E-state index contributed by atoms with van der Waals surface area (Å²) in [5, 5.41) is 6.63. The Labute approximate surface area is 151 Å². The van der Waals surface area contributed by atoms with Gasteiger partial charge in [0, 0.05) is 59.8 Å². The molecule has 1 unspecified atom stereocenters. The first kappa shape index (κ1) is 20.4. The molecule has 0 aliphatic carbocycles. The van der Waals surface area contributed by atoms with Crippen LogP contribution in [-0.2, 0) is 18.9 Å². The molecule has 0 aromatic rings. The van der Waals surface area contributed by atoms with Crippen molar-refractivity contribution in [2.24, 2.45) is 10.9 Å². The SMILES string of the molecule is CN=C(NCCCOCC1CCOCC1)NCCCOC1CCOC1. The van der Waals surface area contributed by atoms with Crippen LogP contribution in [0.4, 0.5) is 0 Å². The highest BCUT2D eigenvalue weighted by Gasteiger charge is 2.15. The zero-order valence-corrected chi connectivity index (χ0v) is 15.6. The van der Waals surface area contributed by atoms with Gasteiger partial charge in [0.2, 0.25) is 0 Å². The molecule has 1 atom stereocenters. The quantitative estimate of drug-likeness (QED) is 0.329. The molecule has 0 spiro atoms. The van der Waals surface area contributed by atoms with Crippen molar-refractivity contribution in [2.45, 2.75) is 38.2 Å². The van der Waals surface area contributed by atoms with Gasteiger partial charge in [0.1, 0.15) is 0 Å². The number of rotatable bonds is 11. The summed E-state index contributed by atoms with van der Waals surface area (Å²) in [5.74, 6) is 1.52. The molecule has 25 heavy (non-hydrogen) atoms. The first-order valence-electron chi connectivity index (χ1n) is 9.68. The van der Waals surface area contributed by atoms with Crippen molar-refractivity contribution in [2.75, 3.05) is 66.4 Å². The molecule has 146 valence electrons. The number of aliphatic imine (C=N–C) groups is 1. The second-order valence-corrected chi connectivity index (χ2v) is 6.62. The second-order valence-electron chi connectivity index (χ2n) is 6.62. The van der Waals surface area contributed by atoms with Gasteiger partial charge >= 0.3 is 0 Å². The molecule has 2 aliphatic rings. The van der Waals surface area contributed by atoms with Gasteiger partial charge in [-0.15, -0.1) is 0 Å². The topological polar surface area (TPSA) is 73.3 Å². The maximum Gasteiger partial charge on any atom is 0.190 e. The van der Waals surface area contributed by atoms with Gasteiger partial charge < -0.3 is 29.6 Å². The third-order valence-corrected chi connectivity index (χ3v) is 4.53. The van der Waals surface area contributed by atoms with Gasteiger partial charge in [-0.1, -0.05) is 0 Å². The first-order chi connectivity index (χ1) is 12.4. The van der Waals surface area contributed by atoms with Gasteiger partial charge in [-0.25, -0.2) is 0 Å². The maximum atomic E-state index is 5.77. The van der Waals surface area contributed by atoms with Crippen molar-refractivity contribution in [1.29, 1.82) is 0 Å². The normalized spacial score (nSPS) is 22.3. The van der Waals surface area contributed by atoms with Crippen molar-refractivity contribution in [3.8, 4) is 0 Å². The van der Waals surface area contributed by atoms with E-state index in [1.807, 2.05) is 0 Å². The van der Waals surface area contributed by atoms with Gasteiger partial charge in [-0.05, 0) is 38.0 Å². The lowest BCUT2D eigenvalue weighted by atomic mass is 10.0. The fraction of sp³-hybridized carbons (Fsp3) is 0.944. The highest BCUT2D eigenvalue weighted by atomic mass is 16.5. The lowest BCUT2D eigenvalue weighted by molar-refractivity contribution is 0.0203. The van der Waals surface area contributed by atoms with Crippen LogP contribution in [0.5, 0.6) is 0 Å². The summed E-state index contributed by atoms with van der Waals surface area (Å²) in [7, 11) is 1.79. The zero-order valence-electron chi connectivity index (χ0n) is 15.6. The fourth-order valence-electron chi connectivity index (χ4n) is 2.94. The summed E-state index contributed by atoms with van der Waals surface area (Å²) in [5.41, 5.74) is 0. The minimum Gasteiger partial charge on any atom is -0.381 e. The van der Waals surface area contributed by atoms with E-state index in [0.717, 1.165) is 97.4 Å². The largest absolute Gasteiger partial charge is 0.381 e. The van der Waals surface area contributed by atoms with E-state index in [0.29, 0.717) is 12.0 Å². The van der Waals surface area contributed by atoms with Gasteiger partial charge in [0.15, 0.2) is 5.96 Å². The molecular weight excluding hydrogens is 322 g/mol. The van der Waals surface area contributed by atoms with Crippen LogP contribution in [0.3, 0.4) is 0 Å². The van der Waals surface area contributed by atoms with E-state index in [4.69, 9.17) is 18.9 Å². The van der Waals surface area contributed by atoms with Gasteiger partial charge in [-0.3, -0.25) is 4.99 Å². The average molecular weight is 357 g/mol. The lowest BCUT2D eigenvalue weighted by Gasteiger charge is -2.21. The summed E-state index contributed by atoms with van der Waals surface area (Å²) in [6.45, 7) is 7.48. The minimum atomic E-state index is 0.290. The van der Waals surface area contributed by atoms with Crippen LogP contribution in [-0.4, -0.2) is 78.4 Å². The molecule has 0 aromatic heterocycles. The standard InChI is InChI=1S/C18H35N3O4/c1-19-18(21-8-3-10-25-17-6-13-24-15-17)20-7-2-9-23-14-16-4-11-22-12-5-16/h16-17H,2-15H2,1H3,(H2,19,20,21). The van der Waals surface area contributed by atoms with E-state index in [1.165, 1.54) is 0 Å². The molecule has 0 radical (unpaired) electrons. The number of hydrogen-bond donors (Lipinski definition) is 2. The molecular formula is C18H35N3O4. The van der Waals surface area contributed by atoms with Crippen LogP contribution in [0.25, 0.3) is 0 Å². The molecule has 0 bridgehead atoms. The molecule has 0 saturated carbocycles. The van der Waals surface area contributed by atoms with Crippen LogP contribution in [0.1, 0.15) is 32.1 Å². The van der Waals surface area contributed by atoms with Crippen LogP contribution in [0.2, 0.25) is 0 Å². The van der Waals surface area contributed by atoms with Crippen LogP contribution in [0, 0.1) is 5.92 Å². The van der Waals surface area contributed by atoms with Crippen molar-refractivity contribution in [1.82, 2.24) is 10.6 Å². The maximum absolute atomic E-state index is 5.77. The molecule has 2 rings (SSSR count). The summed E-state index contributed by atoms with van der Waals surface area (Å²) in [6, 6.07) is 0. The van der Waals surface area contributed by atoms with E-state index in [-0.39, 0.29) is 0 Å². The molecule has 7 nitrogen and oxygen atoms in total. The van der Waals surface area contributed by atoms with Gasteiger partial charge in [-0.2, -0.15) is 0 Å². The Morgan fingerprint density at radius 2 is 1.72 bits per heavy atom. The van der Waals surface area contributed by atoms with Crippen molar-refractivity contribution in [3.63, 3.8) is 0 Å². The van der Waals surface area contributed by atoms with E-state index in [2.05, 4.69) is 15.6 Å². The minimum absolute atomic E-state index is 0.290. The number of guanidine groups is 1. The number of ether oxygens (including phenoxy) is 4. The lowest BCUT2D eigenvalue weighted by Crippen LogP contribution is -2.38. The number of hydrogen-bond acceptors (Lipinski definition) is 5. The van der Waals surface area contributed by atoms with Gasteiger partial charge in [0.25, 0.3) is 0 Å². The summed E-state index contributed by atoms with van der Waals surface area (Å²) in [6.07, 6.45) is 5.52. The fourth-order valence-corrected chi connectivity index (χ4v) is 2.94. The highest BCUT2D eigenvalue weighted by molar-refractivity contribution is 5.79. The Hall–Kier alpha value is -0.890. The molecule has 0 aromatic carbocycles.